The minimum Gasteiger partial charge on any atom is -0.383 e. The van der Waals surface area contributed by atoms with Crippen molar-refractivity contribution in [3.8, 4) is 0 Å². The van der Waals surface area contributed by atoms with Crippen LogP contribution in [0.3, 0.4) is 0 Å². The summed E-state index contributed by atoms with van der Waals surface area (Å²) in [7, 11) is 1.72. The second-order valence-electron chi connectivity index (χ2n) is 3.72. The first-order valence-corrected chi connectivity index (χ1v) is 5.16. The van der Waals surface area contributed by atoms with Gasteiger partial charge in [-0.1, -0.05) is 23.8 Å². The van der Waals surface area contributed by atoms with Crippen molar-refractivity contribution < 1.29 is 4.74 Å². The highest BCUT2D eigenvalue weighted by atomic mass is 16.5. The summed E-state index contributed by atoms with van der Waals surface area (Å²) in [6.07, 6.45) is 4.38. The Morgan fingerprint density at radius 1 is 1.36 bits per heavy atom. The van der Waals surface area contributed by atoms with Gasteiger partial charge in [-0.3, -0.25) is 0 Å². The molecule has 0 spiro atoms. The summed E-state index contributed by atoms with van der Waals surface area (Å²) >= 11 is 0. The number of allylic oxidation sites excluding steroid dienone is 2. The van der Waals surface area contributed by atoms with Crippen molar-refractivity contribution in [1.82, 2.24) is 5.32 Å². The van der Waals surface area contributed by atoms with E-state index < -0.39 is 0 Å². The van der Waals surface area contributed by atoms with Crippen molar-refractivity contribution in [3.63, 3.8) is 0 Å². The molecule has 2 nitrogen and oxygen atoms in total. The smallest absolute Gasteiger partial charge is 0.0587 e. The lowest BCUT2D eigenvalue weighted by Crippen LogP contribution is -2.19. The first kappa shape index (κ1) is 13.4. The molecule has 0 aliphatic heterocycles. The molecule has 0 heterocycles. The Hall–Kier alpha value is -0.600. The maximum atomic E-state index is 4.93. The van der Waals surface area contributed by atoms with Gasteiger partial charge in [-0.05, 0) is 33.2 Å². The average molecular weight is 197 g/mol. The lowest BCUT2D eigenvalue weighted by molar-refractivity contribution is 0.199. The molecular weight excluding hydrogens is 174 g/mol. The average Bonchev–Trinajstić information content (AvgIpc) is 2.10. The fraction of sp³-hybridized carbons (Fsp3) is 0.667. The zero-order chi connectivity index (χ0) is 10.8. The van der Waals surface area contributed by atoms with E-state index in [-0.39, 0.29) is 0 Å². The van der Waals surface area contributed by atoms with Crippen molar-refractivity contribution in [2.75, 3.05) is 26.8 Å². The topological polar surface area (TPSA) is 21.3 Å². The molecule has 0 aromatic heterocycles. The minimum atomic E-state index is 0.786. The van der Waals surface area contributed by atoms with E-state index in [0.29, 0.717) is 0 Å². The second-order valence-corrected chi connectivity index (χ2v) is 3.72. The van der Waals surface area contributed by atoms with Crippen LogP contribution < -0.4 is 5.32 Å². The molecule has 0 atom stereocenters. The quantitative estimate of drug-likeness (QED) is 0.477. The Morgan fingerprint density at radius 3 is 2.64 bits per heavy atom. The van der Waals surface area contributed by atoms with E-state index in [1.807, 2.05) is 0 Å². The number of methoxy groups -OCH3 is 1. The summed E-state index contributed by atoms with van der Waals surface area (Å²) in [4.78, 5) is 0. The molecule has 0 aromatic carbocycles. The van der Waals surface area contributed by atoms with Crippen LogP contribution in [0, 0.1) is 0 Å². The lowest BCUT2D eigenvalue weighted by Gasteiger charge is -2.03. The molecule has 0 amide bonds. The van der Waals surface area contributed by atoms with Crippen molar-refractivity contribution in [3.05, 3.63) is 23.8 Å². The van der Waals surface area contributed by atoms with Gasteiger partial charge in [0.2, 0.25) is 0 Å². The summed E-state index contributed by atoms with van der Waals surface area (Å²) in [5, 5.41) is 3.30. The van der Waals surface area contributed by atoms with Crippen LogP contribution in [-0.4, -0.2) is 26.8 Å². The van der Waals surface area contributed by atoms with Crippen LogP contribution in [0.2, 0.25) is 0 Å². The predicted molar refractivity (Wildman–Crippen MR) is 62.6 cm³/mol. The fourth-order valence-electron chi connectivity index (χ4n) is 1.27. The van der Waals surface area contributed by atoms with Crippen LogP contribution in [0.1, 0.15) is 26.7 Å². The van der Waals surface area contributed by atoms with Gasteiger partial charge in [0.25, 0.3) is 0 Å². The summed E-state index contributed by atoms with van der Waals surface area (Å²) in [5.74, 6) is 0. The molecule has 0 saturated heterocycles. The van der Waals surface area contributed by atoms with Crippen molar-refractivity contribution in [2.45, 2.75) is 26.7 Å². The number of ether oxygens (including phenoxy) is 1. The van der Waals surface area contributed by atoms with Crippen LogP contribution in [-0.2, 0) is 4.74 Å². The van der Waals surface area contributed by atoms with Crippen LogP contribution >= 0.6 is 0 Å². The highest BCUT2D eigenvalue weighted by molar-refractivity contribution is 5.08. The molecular formula is C12H23NO. The number of hydrogen-bond donors (Lipinski definition) is 1. The second kappa shape index (κ2) is 8.97. The van der Waals surface area contributed by atoms with E-state index in [1.54, 1.807) is 7.11 Å². The lowest BCUT2D eigenvalue weighted by atomic mass is 10.1. The number of nitrogens with one attached hydrogen (secondary N) is 1. The van der Waals surface area contributed by atoms with Gasteiger partial charge < -0.3 is 10.1 Å². The largest absolute Gasteiger partial charge is 0.383 e. The normalized spacial score (nSPS) is 11.8. The van der Waals surface area contributed by atoms with Gasteiger partial charge in [0.1, 0.15) is 0 Å². The first-order valence-electron chi connectivity index (χ1n) is 5.16. The van der Waals surface area contributed by atoms with Crippen molar-refractivity contribution >= 4 is 0 Å². The molecule has 0 unspecified atom stereocenters. The maximum absolute atomic E-state index is 4.93. The van der Waals surface area contributed by atoms with Gasteiger partial charge in [0.15, 0.2) is 0 Å². The monoisotopic (exact) mass is 197 g/mol. The summed E-state index contributed by atoms with van der Waals surface area (Å²) in [6.45, 7) is 10.9. The van der Waals surface area contributed by atoms with Crippen LogP contribution in [0.4, 0.5) is 0 Å². The van der Waals surface area contributed by atoms with Crippen molar-refractivity contribution in [1.29, 1.82) is 0 Å². The third kappa shape index (κ3) is 9.49. The third-order valence-corrected chi connectivity index (χ3v) is 1.88. The Kier molecular flexibility index (Phi) is 8.59. The van der Waals surface area contributed by atoms with Crippen LogP contribution in [0.5, 0.6) is 0 Å². The van der Waals surface area contributed by atoms with Crippen LogP contribution in [0.15, 0.2) is 23.8 Å². The molecule has 1 N–H and O–H groups in total. The molecule has 14 heavy (non-hydrogen) atoms. The molecule has 2 heteroatoms. The molecule has 82 valence electrons. The summed E-state index contributed by atoms with van der Waals surface area (Å²) in [5.41, 5.74) is 2.64. The fourth-order valence-corrected chi connectivity index (χ4v) is 1.27. The SMILES string of the molecule is C=C(C)CC(C)=CCCNCCOC. The van der Waals surface area contributed by atoms with Crippen LogP contribution in [0.25, 0.3) is 0 Å². The van der Waals surface area contributed by atoms with E-state index >= 15 is 0 Å². The van der Waals surface area contributed by atoms with Gasteiger partial charge in [-0.2, -0.15) is 0 Å². The molecule has 0 saturated carbocycles. The zero-order valence-electron chi connectivity index (χ0n) is 9.73. The molecule has 0 radical (unpaired) electrons. The minimum absolute atomic E-state index is 0.786. The molecule has 0 aliphatic carbocycles. The van der Waals surface area contributed by atoms with Gasteiger partial charge in [-0.25, -0.2) is 0 Å². The molecule has 0 aliphatic rings. The Bertz CT molecular complexity index is 185. The standard InChI is InChI=1S/C12H23NO/c1-11(2)10-12(3)6-5-7-13-8-9-14-4/h6,13H,1,5,7-10H2,2-4H3. The molecule has 0 fully saturated rings. The zero-order valence-corrected chi connectivity index (χ0v) is 9.73. The summed E-state index contributed by atoms with van der Waals surface area (Å²) in [6, 6.07) is 0. The first-order chi connectivity index (χ1) is 6.66. The third-order valence-electron chi connectivity index (χ3n) is 1.88. The maximum Gasteiger partial charge on any atom is 0.0587 e. The Morgan fingerprint density at radius 2 is 2.07 bits per heavy atom. The predicted octanol–water partition coefficient (Wildman–Crippen LogP) is 2.53. The van der Waals surface area contributed by atoms with Gasteiger partial charge >= 0.3 is 0 Å². The van der Waals surface area contributed by atoms with E-state index in [0.717, 1.165) is 32.5 Å². The van der Waals surface area contributed by atoms with Crippen molar-refractivity contribution in [2.24, 2.45) is 0 Å². The van der Waals surface area contributed by atoms with Gasteiger partial charge in [-0.15, -0.1) is 0 Å². The van der Waals surface area contributed by atoms with Gasteiger partial charge in [0, 0.05) is 13.7 Å². The number of rotatable bonds is 8. The molecule has 0 aromatic rings. The van der Waals surface area contributed by atoms with E-state index in [9.17, 15) is 0 Å². The van der Waals surface area contributed by atoms with Gasteiger partial charge in [0.05, 0.1) is 6.61 Å². The number of hydrogen-bond acceptors (Lipinski definition) is 2. The van der Waals surface area contributed by atoms with E-state index in [4.69, 9.17) is 4.74 Å². The Balaban J connectivity index is 3.36. The van der Waals surface area contributed by atoms with E-state index in [2.05, 4.69) is 31.8 Å². The highest BCUT2D eigenvalue weighted by Crippen LogP contribution is 2.07. The van der Waals surface area contributed by atoms with E-state index in [1.165, 1.54) is 11.1 Å². The Labute approximate surface area is 88.0 Å². The molecule has 0 rings (SSSR count). The molecule has 0 bridgehead atoms. The summed E-state index contributed by atoms with van der Waals surface area (Å²) < 4.78 is 4.93. The highest BCUT2D eigenvalue weighted by Gasteiger charge is 1.90.